The molecule has 1 atom stereocenters. The Morgan fingerprint density at radius 3 is 2.96 bits per heavy atom. The van der Waals surface area contributed by atoms with Crippen molar-refractivity contribution in [3.63, 3.8) is 0 Å². The molecule has 23 heavy (non-hydrogen) atoms. The molecule has 118 valence electrons. The van der Waals surface area contributed by atoms with E-state index in [0.717, 1.165) is 48.1 Å². The summed E-state index contributed by atoms with van der Waals surface area (Å²) in [5.74, 6) is 0.906. The highest BCUT2D eigenvalue weighted by Gasteiger charge is 2.34. The molecule has 1 fully saturated rings. The minimum atomic E-state index is -0.124. The van der Waals surface area contributed by atoms with Crippen molar-refractivity contribution in [2.45, 2.75) is 25.0 Å². The highest BCUT2D eigenvalue weighted by atomic mass is 35.5. The topological polar surface area (TPSA) is 49.0 Å². The Morgan fingerprint density at radius 2 is 2.13 bits per heavy atom. The fraction of sp³-hybridized carbons (Fsp3) is 0.353. The lowest BCUT2D eigenvalue weighted by Crippen LogP contribution is -2.40. The second-order valence-corrected chi connectivity index (χ2v) is 6.26. The highest BCUT2D eigenvalue weighted by Crippen LogP contribution is 2.29. The van der Waals surface area contributed by atoms with Crippen LogP contribution in [0.1, 0.15) is 18.4 Å². The molecule has 1 N–H and O–H groups in total. The molecule has 0 spiro atoms. The van der Waals surface area contributed by atoms with E-state index in [1.54, 1.807) is 0 Å². The van der Waals surface area contributed by atoms with Gasteiger partial charge in [-0.25, -0.2) is 0 Å². The van der Waals surface area contributed by atoms with Gasteiger partial charge in [-0.15, -0.1) is 0 Å². The Kier molecular flexibility index (Phi) is 3.97. The van der Waals surface area contributed by atoms with Gasteiger partial charge in [-0.1, -0.05) is 28.4 Å². The molecule has 3 heterocycles. The quantitative estimate of drug-likeness (QED) is 0.847. The number of hydrogen-bond donors (Lipinski definition) is 1. The normalized spacial score (nSPS) is 23.9. The maximum Gasteiger partial charge on any atom is 0.306 e. The van der Waals surface area contributed by atoms with E-state index in [2.05, 4.69) is 10.4 Å². The van der Waals surface area contributed by atoms with Gasteiger partial charge < -0.3 is 10.1 Å². The number of azo groups is 2. The molecule has 0 amide bonds. The Morgan fingerprint density at radius 1 is 1.26 bits per heavy atom. The molecule has 3 aliphatic heterocycles. The van der Waals surface area contributed by atoms with E-state index >= 15 is 0 Å². The number of halogens is 1. The Hall–Kier alpha value is -1.98. The summed E-state index contributed by atoms with van der Waals surface area (Å²) in [6, 6.07) is 8.24. The van der Waals surface area contributed by atoms with E-state index in [0.29, 0.717) is 6.04 Å². The van der Waals surface area contributed by atoms with Gasteiger partial charge in [0.15, 0.2) is 0 Å². The van der Waals surface area contributed by atoms with E-state index in [1.165, 1.54) is 0 Å². The first-order chi connectivity index (χ1) is 11.3. The van der Waals surface area contributed by atoms with Crippen molar-refractivity contribution in [1.29, 1.82) is 0 Å². The first kappa shape index (κ1) is 14.6. The van der Waals surface area contributed by atoms with Gasteiger partial charge in [0.05, 0.1) is 5.57 Å². The molecule has 5 nitrogen and oxygen atoms in total. The summed E-state index contributed by atoms with van der Waals surface area (Å²) >= 11 is 6.11. The zero-order valence-corrected chi connectivity index (χ0v) is 13.4. The molecule has 0 saturated carbocycles. The number of nitrogens with one attached hydrogen (secondary N) is 1. The third kappa shape index (κ3) is 3.07. The van der Waals surface area contributed by atoms with Crippen LogP contribution in [0.4, 0.5) is 0 Å². The van der Waals surface area contributed by atoms with Crippen LogP contribution >= 0.6 is 11.6 Å². The van der Waals surface area contributed by atoms with Gasteiger partial charge in [-0.2, -0.15) is 4.99 Å². The molecular formula is C17H18ClN4O+. The molecule has 0 aromatic heterocycles. The Balaban J connectivity index is 1.54. The first-order valence-corrected chi connectivity index (χ1v) is 8.23. The number of benzene rings is 1. The molecule has 1 aromatic carbocycles. The largest absolute Gasteiger partial charge is 0.381 e. The third-order valence-electron chi connectivity index (χ3n) is 4.24. The molecule has 3 aliphatic rings. The number of nitrogens with zero attached hydrogens (tertiary/aromatic N) is 3. The predicted molar refractivity (Wildman–Crippen MR) is 89.5 cm³/mol. The molecular weight excluding hydrogens is 312 g/mol. The van der Waals surface area contributed by atoms with E-state index < -0.39 is 0 Å². The van der Waals surface area contributed by atoms with Crippen molar-refractivity contribution in [3.8, 4) is 0 Å². The van der Waals surface area contributed by atoms with Crippen molar-refractivity contribution in [2.75, 3.05) is 13.2 Å². The summed E-state index contributed by atoms with van der Waals surface area (Å²) in [7, 11) is 0. The zero-order chi connectivity index (χ0) is 15.6. The van der Waals surface area contributed by atoms with Crippen LogP contribution in [0.25, 0.3) is 5.57 Å². The van der Waals surface area contributed by atoms with Crippen LogP contribution in [0.2, 0.25) is 5.02 Å². The van der Waals surface area contributed by atoms with E-state index in [4.69, 9.17) is 21.3 Å². The van der Waals surface area contributed by atoms with Crippen LogP contribution in [-0.2, 0) is 4.74 Å². The smallest absolute Gasteiger partial charge is 0.306 e. The summed E-state index contributed by atoms with van der Waals surface area (Å²) in [5.41, 5.74) is 2.11. The number of rotatable bonds is 2. The summed E-state index contributed by atoms with van der Waals surface area (Å²) in [5, 5.41) is 8.65. The standard InChI is InChI=1S/C17H18ClN4O/c18-13-3-1-2-12(10-13)15-11-19-22-7-4-16(21-17(15)22)20-14-5-8-23-9-6-14/h1-4,7,10-11,14,17H,5-6,8-9H2,(H,20,21)/q+1. The van der Waals surface area contributed by atoms with E-state index in [1.807, 2.05) is 47.4 Å². The minimum Gasteiger partial charge on any atom is -0.381 e. The fourth-order valence-electron chi connectivity index (χ4n) is 3.00. The average molecular weight is 330 g/mol. The van der Waals surface area contributed by atoms with Crippen molar-refractivity contribution in [2.24, 2.45) is 10.1 Å². The lowest BCUT2D eigenvalue weighted by molar-refractivity contribution is -0.542. The fourth-order valence-corrected chi connectivity index (χ4v) is 3.19. The number of aliphatic imine (C=N–C) groups is 1. The van der Waals surface area contributed by atoms with Crippen molar-refractivity contribution >= 4 is 23.0 Å². The summed E-state index contributed by atoms with van der Waals surface area (Å²) < 4.78 is 7.27. The summed E-state index contributed by atoms with van der Waals surface area (Å²) in [4.78, 5) is 4.82. The monoisotopic (exact) mass is 329 g/mol. The van der Waals surface area contributed by atoms with Crippen LogP contribution in [-0.4, -0.2) is 36.0 Å². The number of amidine groups is 1. The lowest BCUT2D eigenvalue weighted by atomic mass is 10.0. The molecule has 1 aromatic rings. The first-order valence-electron chi connectivity index (χ1n) is 7.85. The molecule has 1 unspecified atom stereocenters. The van der Waals surface area contributed by atoms with Crippen LogP contribution in [0, 0.1) is 0 Å². The minimum absolute atomic E-state index is 0.124. The molecule has 4 rings (SSSR count). The second-order valence-electron chi connectivity index (χ2n) is 5.83. The molecule has 0 aliphatic carbocycles. The van der Waals surface area contributed by atoms with Gasteiger partial charge in [0.2, 0.25) is 6.20 Å². The van der Waals surface area contributed by atoms with Gasteiger partial charge in [0.1, 0.15) is 12.0 Å². The second kappa shape index (κ2) is 6.26. The van der Waals surface area contributed by atoms with Crippen molar-refractivity contribution < 1.29 is 9.43 Å². The summed E-state index contributed by atoms with van der Waals surface area (Å²) in [6.07, 6.45) is 7.71. The van der Waals surface area contributed by atoms with E-state index in [9.17, 15) is 0 Å². The van der Waals surface area contributed by atoms with Crippen LogP contribution in [0.3, 0.4) is 0 Å². The molecule has 1 saturated heterocycles. The van der Waals surface area contributed by atoms with Gasteiger partial charge in [-0.3, -0.25) is 0 Å². The Labute approximate surface area is 140 Å². The van der Waals surface area contributed by atoms with Crippen LogP contribution < -0.4 is 5.32 Å². The maximum atomic E-state index is 6.11. The molecule has 0 radical (unpaired) electrons. The third-order valence-corrected chi connectivity index (χ3v) is 4.47. The highest BCUT2D eigenvalue weighted by molar-refractivity contribution is 6.30. The molecule has 0 bridgehead atoms. The number of fused-ring (bicyclic) bond motifs is 1. The Bertz CT molecular complexity index is 732. The maximum absolute atomic E-state index is 6.11. The van der Waals surface area contributed by atoms with Gasteiger partial charge >= 0.3 is 6.17 Å². The zero-order valence-electron chi connectivity index (χ0n) is 12.7. The average Bonchev–Trinajstić information content (AvgIpc) is 2.99. The van der Waals surface area contributed by atoms with Gasteiger partial charge in [-0.05, 0) is 35.7 Å². The number of ether oxygens (including phenoxy) is 1. The van der Waals surface area contributed by atoms with E-state index in [-0.39, 0.29) is 6.17 Å². The molecule has 6 heteroatoms. The predicted octanol–water partition coefficient (Wildman–Crippen LogP) is 3.18. The summed E-state index contributed by atoms with van der Waals surface area (Å²) in [6.45, 7) is 1.63. The lowest BCUT2D eigenvalue weighted by Gasteiger charge is -2.24. The van der Waals surface area contributed by atoms with Gasteiger partial charge in [0.25, 0.3) is 0 Å². The van der Waals surface area contributed by atoms with Crippen LogP contribution in [0.5, 0.6) is 0 Å². The SMILES string of the molecule is Clc1cccc(C2=CN=[N+]3C=CC(NC4CCOCC4)=NC23)c1. The van der Waals surface area contributed by atoms with Crippen molar-refractivity contribution in [3.05, 3.63) is 53.3 Å². The van der Waals surface area contributed by atoms with Gasteiger partial charge in [0, 0.05) is 30.4 Å². The van der Waals surface area contributed by atoms with Crippen molar-refractivity contribution in [1.82, 2.24) is 5.32 Å². The number of hydrogen-bond acceptors (Lipinski definition) is 4. The van der Waals surface area contributed by atoms with Crippen LogP contribution in [0.15, 0.2) is 52.8 Å².